The number of hydrogen-bond acceptors (Lipinski definition) is 2. The highest BCUT2D eigenvalue weighted by Crippen LogP contribution is 2.32. The fourth-order valence-electron chi connectivity index (χ4n) is 2.61. The molecule has 1 aliphatic rings. The van der Waals surface area contributed by atoms with Crippen molar-refractivity contribution >= 4 is 0 Å². The Hall–Kier alpha value is -1.67. The first kappa shape index (κ1) is 11.4. The van der Waals surface area contributed by atoms with Gasteiger partial charge in [-0.15, -0.1) is 0 Å². The highest BCUT2D eigenvalue weighted by atomic mass is 16.5. The average molecular weight is 239 g/mol. The fourth-order valence-corrected chi connectivity index (χ4v) is 2.61. The molecule has 0 N–H and O–H groups in total. The summed E-state index contributed by atoms with van der Waals surface area (Å²) < 4.78 is 5.55. The van der Waals surface area contributed by atoms with E-state index in [0.29, 0.717) is 0 Å². The first-order valence-corrected chi connectivity index (χ1v) is 6.46. The fraction of sp³-hybridized carbons (Fsp3) is 0.312. The second kappa shape index (κ2) is 4.91. The number of nitrogens with zero attached hydrogens (tertiary/aromatic N) is 1. The summed E-state index contributed by atoms with van der Waals surface area (Å²) in [4.78, 5) is 4.81. The van der Waals surface area contributed by atoms with Crippen molar-refractivity contribution in [1.29, 1.82) is 0 Å². The molecule has 3 rings (SSSR count). The average Bonchev–Trinajstić information content (AvgIpc) is 2.47. The van der Waals surface area contributed by atoms with Crippen LogP contribution in [0.5, 0.6) is 0 Å². The first-order chi connectivity index (χ1) is 8.88. The molecule has 0 amide bonds. The Morgan fingerprint density at radius 1 is 1.11 bits per heavy atom. The van der Waals surface area contributed by atoms with Gasteiger partial charge in [-0.05, 0) is 30.9 Å². The van der Waals surface area contributed by atoms with E-state index in [1.807, 2.05) is 18.2 Å². The third kappa shape index (κ3) is 2.04. The molecule has 0 unspecified atom stereocenters. The number of hydrogen-bond donors (Lipinski definition) is 0. The number of ether oxygens (including phenoxy) is 1. The van der Waals surface area contributed by atoms with E-state index >= 15 is 0 Å². The van der Waals surface area contributed by atoms with Crippen LogP contribution in [0.15, 0.2) is 42.5 Å². The molecule has 0 fully saturated rings. The van der Waals surface area contributed by atoms with E-state index in [1.54, 1.807) is 7.11 Å². The lowest BCUT2D eigenvalue weighted by molar-refractivity contribution is 0.0844. The Morgan fingerprint density at radius 3 is 2.72 bits per heavy atom. The maximum Gasteiger partial charge on any atom is 0.0993 e. The minimum atomic E-state index is 0.164. The van der Waals surface area contributed by atoms with Crippen LogP contribution in [-0.4, -0.2) is 12.1 Å². The first-order valence-electron chi connectivity index (χ1n) is 6.46. The molecule has 18 heavy (non-hydrogen) atoms. The van der Waals surface area contributed by atoms with Crippen LogP contribution in [0.1, 0.15) is 30.2 Å². The van der Waals surface area contributed by atoms with Crippen molar-refractivity contribution in [2.24, 2.45) is 0 Å². The van der Waals surface area contributed by atoms with E-state index in [4.69, 9.17) is 9.72 Å². The summed E-state index contributed by atoms with van der Waals surface area (Å²) >= 11 is 0. The molecular formula is C16H17NO. The zero-order valence-electron chi connectivity index (χ0n) is 10.6. The molecule has 0 spiro atoms. The van der Waals surface area contributed by atoms with E-state index in [2.05, 4.69) is 24.3 Å². The van der Waals surface area contributed by atoms with Crippen molar-refractivity contribution in [3.05, 3.63) is 53.7 Å². The maximum atomic E-state index is 5.55. The van der Waals surface area contributed by atoms with Gasteiger partial charge in [-0.3, -0.25) is 0 Å². The van der Waals surface area contributed by atoms with Crippen LogP contribution in [0.3, 0.4) is 0 Å². The summed E-state index contributed by atoms with van der Waals surface area (Å²) in [7, 11) is 1.77. The smallest absolute Gasteiger partial charge is 0.0993 e. The van der Waals surface area contributed by atoms with Gasteiger partial charge in [0.2, 0.25) is 0 Å². The van der Waals surface area contributed by atoms with Crippen molar-refractivity contribution in [2.75, 3.05) is 7.11 Å². The van der Waals surface area contributed by atoms with Gasteiger partial charge in [0, 0.05) is 12.7 Å². The van der Waals surface area contributed by atoms with Gasteiger partial charge >= 0.3 is 0 Å². The highest BCUT2D eigenvalue weighted by Gasteiger charge is 2.21. The van der Waals surface area contributed by atoms with Gasteiger partial charge in [0.1, 0.15) is 0 Å². The number of aryl methyl sites for hydroxylation is 1. The SMILES string of the molecule is CO[C@H]1CCCc2ccc(-c3ccccc3)nc21. The number of benzene rings is 1. The number of methoxy groups -OCH3 is 1. The van der Waals surface area contributed by atoms with Gasteiger partial charge in [-0.2, -0.15) is 0 Å². The Morgan fingerprint density at radius 2 is 1.94 bits per heavy atom. The number of fused-ring (bicyclic) bond motifs is 1. The van der Waals surface area contributed by atoms with Crippen LogP contribution in [0, 0.1) is 0 Å². The standard InChI is InChI=1S/C16H17NO/c1-18-15-9-5-8-13-10-11-14(17-16(13)15)12-6-3-2-4-7-12/h2-4,6-7,10-11,15H,5,8-9H2,1H3/t15-/m0/s1. The van der Waals surface area contributed by atoms with Crippen LogP contribution in [0.4, 0.5) is 0 Å². The number of aromatic nitrogens is 1. The molecule has 1 aromatic heterocycles. The van der Waals surface area contributed by atoms with Crippen molar-refractivity contribution in [1.82, 2.24) is 4.98 Å². The van der Waals surface area contributed by atoms with Crippen LogP contribution >= 0.6 is 0 Å². The zero-order chi connectivity index (χ0) is 12.4. The summed E-state index contributed by atoms with van der Waals surface area (Å²) in [6.07, 6.45) is 3.56. The van der Waals surface area contributed by atoms with Crippen molar-refractivity contribution in [3.8, 4) is 11.3 Å². The van der Waals surface area contributed by atoms with Crippen LogP contribution < -0.4 is 0 Å². The molecule has 0 radical (unpaired) electrons. The highest BCUT2D eigenvalue weighted by molar-refractivity contribution is 5.59. The molecule has 0 aliphatic heterocycles. The molecule has 0 bridgehead atoms. The second-order valence-corrected chi connectivity index (χ2v) is 4.72. The van der Waals surface area contributed by atoms with Crippen molar-refractivity contribution < 1.29 is 4.74 Å². The van der Waals surface area contributed by atoms with Crippen molar-refractivity contribution in [3.63, 3.8) is 0 Å². The number of rotatable bonds is 2. The Kier molecular flexibility index (Phi) is 3.11. The zero-order valence-corrected chi connectivity index (χ0v) is 10.6. The summed E-state index contributed by atoms with van der Waals surface area (Å²) in [5.41, 5.74) is 4.68. The Balaban J connectivity index is 2.04. The van der Waals surface area contributed by atoms with E-state index < -0.39 is 0 Å². The molecule has 2 nitrogen and oxygen atoms in total. The molecule has 1 atom stereocenters. The second-order valence-electron chi connectivity index (χ2n) is 4.72. The van der Waals surface area contributed by atoms with E-state index in [9.17, 15) is 0 Å². The summed E-state index contributed by atoms with van der Waals surface area (Å²) in [5, 5.41) is 0. The molecule has 0 saturated carbocycles. The van der Waals surface area contributed by atoms with Crippen molar-refractivity contribution in [2.45, 2.75) is 25.4 Å². The molecule has 92 valence electrons. The normalized spacial score (nSPS) is 18.4. The van der Waals surface area contributed by atoms with E-state index in [-0.39, 0.29) is 6.10 Å². The molecule has 2 aromatic rings. The van der Waals surface area contributed by atoms with Crippen LogP contribution in [0.2, 0.25) is 0 Å². The molecule has 2 heteroatoms. The Bertz CT molecular complexity index is 536. The number of pyridine rings is 1. The predicted octanol–water partition coefficient (Wildman–Crippen LogP) is 3.77. The molecular weight excluding hydrogens is 222 g/mol. The lowest BCUT2D eigenvalue weighted by atomic mass is 9.93. The van der Waals surface area contributed by atoms with Crippen LogP contribution in [0.25, 0.3) is 11.3 Å². The van der Waals surface area contributed by atoms with Gasteiger partial charge < -0.3 is 4.74 Å². The molecule has 1 aromatic carbocycles. The minimum absolute atomic E-state index is 0.164. The molecule has 1 heterocycles. The summed E-state index contributed by atoms with van der Waals surface area (Å²) in [6, 6.07) is 14.6. The van der Waals surface area contributed by atoms with Gasteiger partial charge in [0.05, 0.1) is 17.5 Å². The lowest BCUT2D eigenvalue weighted by Gasteiger charge is -2.23. The third-order valence-corrected chi connectivity index (χ3v) is 3.58. The molecule has 0 saturated heterocycles. The van der Waals surface area contributed by atoms with Gasteiger partial charge in [-0.25, -0.2) is 4.98 Å². The van der Waals surface area contributed by atoms with Gasteiger partial charge in [0.15, 0.2) is 0 Å². The lowest BCUT2D eigenvalue weighted by Crippen LogP contribution is -2.13. The largest absolute Gasteiger partial charge is 0.375 e. The quantitative estimate of drug-likeness (QED) is 0.795. The maximum absolute atomic E-state index is 5.55. The van der Waals surface area contributed by atoms with Crippen LogP contribution in [-0.2, 0) is 11.2 Å². The minimum Gasteiger partial charge on any atom is -0.375 e. The van der Waals surface area contributed by atoms with Gasteiger partial charge in [-0.1, -0.05) is 36.4 Å². The van der Waals surface area contributed by atoms with Gasteiger partial charge in [0.25, 0.3) is 0 Å². The summed E-state index contributed by atoms with van der Waals surface area (Å²) in [5.74, 6) is 0. The third-order valence-electron chi connectivity index (χ3n) is 3.58. The topological polar surface area (TPSA) is 22.1 Å². The Labute approximate surface area is 108 Å². The molecule has 1 aliphatic carbocycles. The monoisotopic (exact) mass is 239 g/mol. The summed E-state index contributed by atoms with van der Waals surface area (Å²) in [6.45, 7) is 0. The van der Waals surface area contributed by atoms with E-state index in [0.717, 1.165) is 24.2 Å². The predicted molar refractivity (Wildman–Crippen MR) is 72.4 cm³/mol. The van der Waals surface area contributed by atoms with E-state index in [1.165, 1.54) is 17.5 Å².